The molecule has 0 aromatic carbocycles. The number of fused-ring (bicyclic) bond motifs is 2. The number of allylic oxidation sites excluding steroid dienone is 6. The van der Waals surface area contributed by atoms with Crippen molar-refractivity contribution in [2.24, 2.45) is 10.8 Å². The maximum atomic E-state index is 12.6. The van der Waals surface area contributed by atoms with Crippen molar-refractivity contribution in [2.75, 3.05) is 13.1 Å². The van der Waals surface area contributed by atoms with Gasteiger partial charge in [-0.15, -0.1) is 23.2 Å². The van der Waals surface area contributed by atoms with E-state index in [4.69, 9.17) is 23.2 Å². The average molecular weight is 560 g/mol. The molecule has 204 valence electrons. The summed E-state index contributed by atoms with van der Waals surface area (Å²) in [5.41, 5.74) is -0.553. The molecule has 2 saturated heterocycles. The molecule has 8 rings (SSSR count). The fraction of sp³-hybridized carbons (Fsp3) is 0.533. The summed E-state index contributed by atoms with van der Waals surface area (Å²) in [6.45, 7) is 13.2. The van der Waals surface area contributed by atoms with Gasteiger partial charge in [-0.25, -0.2) is 0 Å². The van der Waals surface area contributed by atoms with Crippen LogP contribution in [0.4, 0.5) is 0 Å². The Kier molecular flexibility index (Phi) is 5.75. The van der Waals surface area contributed by atoms with Crippen LogP contribution in [0.2, 0.25) is 0 Å². The van der Waals surface area contributed by atoms with Gasteiger partial charge in [-0.05, 0) is 41.5 Å². The van der Waals surface area contributed by atoms with E-state index in [1.54, 1.807) is 0 Å². The summed E-state index contributed by atoms with van der Waals surface area (Å²) in [5.74, 6) is 0.0905. The first-order chi connectivity index (χ1) is 17.3. The fourth-order valence-electron chi connectivity index (χ4n) is 6.20. The smallest absolute Gasteiger partial charge is 0.254 e. The number of halogens is 2. The van der Waals surface area contributed by atoms with E-state index < -0.39 is 20.6 Å². The molecule has 0 saturated carbocycles. The van der Waals surface area contributed by atoms with Crippen LogP contribution in [0.1, 0.15) is 54.4 Å². The Morgan fingerprint density at radius 3 is 1.18 bits per heavy atom. The second-order valence-corrected chi connectivity index (χ2v) is 14.8. The van der Waals surface area contributed by atoms with Crippen molar-refractivity contribution in [3.63, 3.8) is 0 Å². The van der Waals surface area contributed by atoms with Gasteiger partial charge in [0.25, 0.3) is 11.8 Å². The number of carbonyl (C=O) groups excluding carboxylic acids is 2. The van der Waals surface area contributed by atoms with Crippen LogP contribution >= 0.6 is 23.2 Å². The molecule has 0 unspecified atom stereocenters. The van der Waals surface area contributed by atoms with Gasteiger partial charge in [-0.1, -0.05) is 48.6 Å². The molecule has 2 heterocycles. The van der Waals surface area contributed by atoms with E-state index in [0.29, 0.717) is 24.2 Å². The number of amides is 2. The predicted molar refractivity (Wildman–Crippen MR) is 150 cm³/mol. The molecule has 2 spiro atoms. The standard InChI is InChI=1S/2C15H18ClNO2/c2*1-13(2,3)17-9-14-4-6-15(16,7-5-14)8-10(18)11(14)12(17)19/h2*4-7,18H,8-9H2,1-3H3. The van der Waals surface area contributed by atoms with Crippen LogP contribution in [0.15, 0.2) is 71.3 Å². The highest BCUT2D eigenvalue weighted by Crippen LogP contribution is 2.52. The van der Waals surface area contributed by atoms with Gasteiger partial charge in [-0.3, -0.25) is 9.59 Å². The van der Waals surface area contributed by atoms with Gasteiger partial charge in [0, 0.05) is 37.0 Å². The first-order valence-electron chi connectivity index (χ1n) is 13.0. The Balaban J connectivity index is 0.000000155. The molecule has 38 heavy (non-hydrogen) atoms. The van der Waals surface area contributed by atoms with Crippen molar-refractivity contribution in [1.29, 1.82) is 0 Å². The third kappa shape index (κ3) is 4.06. The summed E-state index contributed by atoms with van der Waals surface area (Å²) in [6.07, 6.45) is 16.1. The molecule has 0 radical (unpaired) electrons. The Morgan fingerprint density at radius 1 is 0.632 bits per heavy atom. The highest BCUT2D eigenvalue weighted by atomic mass is 35.5. The van der Waals surface area contributed by atoms with Gasteiger partial charge in [0.15, 0.2) is 0 Å². The zero-order chi connectivity index (χ0) is 28.1. The van der Waals surface area contributed by atoms with Crippen LogP contribution < -0.4 is 0 Å². The molecule has 8 heteroatoms. The summed E-state index contributed by atoms with van der Waals surface area (Å²) < 4.78 is 0. The lowest BCUT2D eigenvalue weighted by molar-refractivity contribution is -0.129. The fourth-order valence-corrected chi connectivity index (χ4v) is 6.71. The van der Waals surface area contributed by atoms with Crippen molar-refractivity contribution in [2.45, 2.75) is 75.2 Å². The zero-order valence-electron chi connectivity index (χ0n) is 22.8. The third-order valence-corrected chi connectivity index (χ3v) is 9.16. The Hall–Kier alpha value is -2.44. The summed E-state index contributed by atoms with van der Waals surface area (Å²) in [5, 5.41) is 20.6. The van der Waals surface area contributed by atoms with E-state index in [1.807, 2.05) is 100.0 Å². The molecule has 6 aliphatic carbocycles. The topological polar surface area (TPSA) is 81.1 Å². The van der Waals surface area contributed by atoms with Crippen LogP contribution in [0, 0.1) is 10.8 Å². The van der Waals surface area contributed by atoms with E-state index in [0.717, 1.165) is 0 Å². The molecule has 6 nitrogen and oxygen atoms in total. The van der Waals surface area contributed by atoms with Crippen molar-refractivity contribution < 1.29 is 19.8 Å². The number of aliphatic hydroxyl groups excluding tert-OH is 2. The van der Waals surface area contributed by atoms with E-state index >= 15 is 0 Å². The van der Waals surface area contributed by atoms with Crippen LogP contribution in [-0.4, -0.2) is 65.7 Å². The van der Waals surface area contributed by atoms with Crippen LogP contribution in [-0.2, 0) is 9.59 Å². The number of likely N-dealkylation sites (tertiary alicyclic amines) is 2. The normalized spacial score (nSPS) is 37.1. The zero-order valence-corrected chi connectivity index (χ0v) is 24.3. The van der Waals surface area contributed by atoms with Gasteiger partial charge >= 0.3 is 0 Å². The van der Waals surface area contributed by atoms with Crippen molar-refractivity contribution in [3.8, 4) is 0 Å². The minimum Gasteiger partial charge on any atom is -0.512 e. The van der Waals surface area contributed by atoms with Gasteiger partial charge in [0.2, 0.25) is 0 Å². The van der Waals surface area contributed by atoms with Crippen LogP contribution in [0.25, 0.3) is 0 Å². The van der Waals surface area contributed by atoms with Crippen LogP contribution in [0.5, 0.6) is 0 Å². The molecule has 2 aliphatic heterocycles. The number of nitrogens with zero attached hydrogens (tertiary/aromatic N) is 2. The number of carbonyl (C=O) groups is 2. The third-order valence-electron chi connectivity index (χ3n) is 8.39. The number of alkyl halides is 2. The van der Waals surface area contributed by atoms with Crippen molar-refractivity contribution in [1.82, 2.24) is 9.80 Å². The van der Waals surface area contributed by atoms with Gasteiger partial charge in [0.1, 0.15) is 11.5 Å². The second-order valence-electron chi connectivity index (χ2n) is 13.4. The molecule has 8 aliphatic rings. The Bertz CT molecular complexity index is 1170. The van der Waals surface area contributed by atoms with Gasteiger partial charge in [0.05, 0.1) is 31.7 Å². The van der Waals surface area contributed by atoms with Crippen molar-refractivity contribution in [3.05, 3.63) is 71.3 Å². The second kappa shape index (κ2) is 8.04. The summed E-state index contributed by atoms with van der Waals surface area (Å²) in [7, 11) is 0. The lowest BCUT2D eigenvalue weighted by Gasteiger charge is -2.34. The van der Waals surface area contributed by atoms with Gasteiger partial charge < -0.3 is 20.0 Å². The van der Waals surface area contributed by atoms with E-state index in [2.05, 4.69) is 0 Å². The lowest BCUT2D eigenvalue weighted by Crippen LogP contribution is -2.43. The first kappa shape index (κ1) is 27.1. The number of hydrogen-bond acceptors (Lipinski definition) is 4. The predicted octanol–water partition coefficient (Wildman–Crippen LogP) is 5.87. The maximum absolute atomic E-state index is 12.6. The van der Waals surface area contributed by atoms with Crippen molar-refractivity contribution >= 4 is 35.0 Å². The van der Waals surface area contributed by atoms with E-state index in [9.17, 15) is 19.8 Å². The Morgan fingerprint density at radius 2 is 0.921 bits per heavy atom. The Labute approximate surface area is 234 Å². The highest BCUT2D eigenvalue weighted by Gasteiger charge is 2.55. The largest absolute Gasteiger partial charge is 0.512 e. The minimum absolute atomic E-state index is 0.0814. The minimum atomic E-state index is -0.681. The molecule has 2 fully saturated rings. The summed E-state index contributed by atoms with van der Waals surface area (Å²) in [4.78, 5) is 27.5. The quantitative estimate of drug-likeness (QED) is 0.288. The van der Waals surface area contributed by atoms with E-state index in [-0.39, 0.29) is 47.3 Å². The summed E-state index contributed by atoms with van der Waals surface area (Å²) in [6, 6.07) is 0. The first-order valence-corrected chi connectivity index (χ1v) is 13.8. The molecule has 0 aromatic heterocycles. The molecule has 2 N–H and O–H groups in total. The molecule has 4 bridgehead atoms. The molecular formula is C30H36Cl2N2O4. The lowest BCUT2D eigenvalue weighted by atomic mass is 9.79. The molecular weight excluding hydrogens is 523 g/mol. The SMILES string of the molecule is CC(C)(C)N1CC23C=CC(Cl)(C=C2)CC(O)=C3C1=O.CC(C)(C)N1CC23C=CC(Cl)(C=C2)CC(O)=C3C1=O. The number of hydrogen-bond donors (Lipinski definition) is 2. The highest BCUT2D eigenvalue weighted by molar-refractivity contribution is 6.27. The van der Waals surface area contributed by atoms with Gasteiger partial charge in [-0.2, -0.15) is 0 Å². The summed E-state index contributed by atoms with van der Waals surface area (Å²) >= 11 is 12.8. The molecule has 0 atom stereocenters. The monoisotopic (exact) mass is 558 g/mol. The molecule has 2 amide bonds. The number of aliphatic hydroxyl groups is 2. The van der Waals surface area contributed by atoms with Crippen LogP contribution in [0.3, 0.4) is 0 Å². The number of rotatable bonds is 0. The average Bonchev–Trinajstić information content (AvgIpc) is 3.07. The van der Waals surface area contributed by atoms with E-state index in [1.165, 1.54) is 0 Å². The molecule has 0 aromatic rings. The maximum Gasteiger partial charge on any atom is 0.254 e.